The molecule has 2 rings (SSSR count). The number of carbonyl (C=O) groups excluding carboxylic acids is 1. The Bertz CT molecular complexity index is 204. The van der Waals surface area contributed by atoms with E-state index in [4.69, 9.17) is 0 Å². The number of nitrogens with one attached hydrogen (secondary N) is 1. The van der Waals surface area contributed by atoms with Crippen molar-refractivity contribution in [2.75, 3.05) is 6.54 Å². The van der Waals surface area contributed by atoms with Crippen LogP contribution in [0.15, 0.2) is 0 Å². The van der Waals surface area contributed by atoms with Crippen LogP contribution in [0.4, 0.5) is 0 Å². The smallest absolute Gasteiger partial charge is 0.140 e. The van der Waals surface area contributed by atoms with Crippen LogP contribution in [-0.2, 0) is 4.79 Å². The van der Waals surface area contributed by atoms with Crippen LogP contribution in [0.3, 0.4) is 0 Å². The SMILES string of the molecule is CCC(C(=O)C1CCC1)C1CCCN1. The Hall–Kier alpha value is -0.370. The minimum atomic E-state index is 0.308. The largest absolute Gasteiger partial charge is 0.313 e. The summed E-state index contributed by atoms with van der Waals surface area (Å²) in [4.78, 5) is 12.1. The molecule has 1 aliphatic carbocycles. The fourth-order valence-corrected chi connectivity index (χ4v) is 2.73. The summed E-state index contributed by atoms with van der Waals surface area (Å²) < 4.78 is 0. The number of carbonyl (C=O) groups is 1. The molecule has 1 heterocycles. The van der Waals surface area contributed by atoms with Crippen molar-refractivity contribution in [1.82, 2.24) is 5.32 Å². The molecule has 1 aliphatic heterocycles. The fraction of sp³-hybridized carbons (Fsp3) is 0.917. The van der Waals surface area contributed by atoms with Gasteiger partial charge in [-0.15, -0.1) is 0 Å². The second kappa shape index (κ2) is 4.43. The summed E-state index contributed by atoms with van der Waals surface area (Å²) in [5, 5.41) is 3.47. The van der Waals surface area contributed by atoms with Crippen LogP contribution in [0.2, 0.25) is 0 Å². The predicted octanol–water partition coefficient (Wildman–Crippen LogP) is 2.13. The third kappa shape index (κ3) is 1.85. The molecule has 0 radical (unpaired) electrons. The second-order valence-electron chi connectivity index (χ2n) is 4.75. The minimum absolute atomic E-state index is 0.308. The van der Waals surface area contributed by atoms with Crippen molar-refractivity contribution < 1.29 is 4.79 Å². The maximum absolute atomic E-state index is 12.1. The molecule has 2 fully saturated rings. The molecule has 0 amide bonds. The zero-order valence-electron chi connectivity index (χ0n) is 9.09. The van der Waals surface area contributed by atoms with Crippen molar-refractivity contribution in [3.8, 4) is 0 Å². The van der Waals surface area contributed by atoms with Gasteiger partial charge >= 0.3 is 0 Å². The highest BCUT2D eigenvalue weighted by Gasteiger charge is 2.35. The average Bonchev–Trinajstić information content (AvgIpc) is 2.55. The van der Waals surface area contributed by atoms with Gasteiger partial charge in [-0.05, 0) is 38.6 Å². The fourth-order valence-electron chi connectivity index (χ4n) is 2.73. The zero-order valence-corrected chi connectivity index (χ0v) is 9.09. The summed E-state index contributed by atoms with van der Waals surface area (Å²) in [6.45, 7) is 3.26. The average molecular weight is 195 g/mol. The number of rotatable bonds is 4. The monoisotopic (exact) mass is 195 g/mol. The van der Waals surface area contributed by atoms with E-state index in [9.17, 15) is 4.79 Å². The highest BCUT2D eigenvalue weighted by atomic mass is 16.1. The highest BCUT2D eigenvalue weighted by molar-refractivity contribution is 5.84. The van der Waals surface area contributed by atoms with Crippen molar-refractivity contribution in [3.05, 3.63) is 0 Å². The summed E-state index contributed by atoms with van der Waals surface area (Å²) in [5.74, 6) is 1.28. The van der Waals surface area contributed by atoms with E-state index in [1.807, 2.05) is 0 Å². The van der Waals surface area contributed by atoms with Crippen LogP contribution in [0.25, 0.3) is 0 Å². The standard InChI is InChI=1S/C12H21NO/c1-2-10(11-7-4-8-13-11)12(14)9-5-3-6-9/h9-11,13H,2-8H2,1H3. The minimum Gasteiger partial charge on any atom is -0.313 e. The molecule has 2 unspecified atom stereocenters. The van der Waals surface area contributed by atoms with Crippen molar-refractivity contribution in [2.24, 2.45) is 11.8 Å². The van der Waals surface area contributed by atoms with Crippen molar-refractivity contribution in [1.29, 1.82) is 0 Å². The Morgan fingerprint density at radius 1 is 1.36 bits per heavy atom. The van der Waals surface area contributed by atoms with Gasteiger partial charge in [-0.1, -0.05) is 13.3 Å². The van der Waals surface area contributed by atoms with Gasteiger partial charge < -0.3 is 5.32 Å². The summed E-state index contributed by atoms with van der Waals surface area (Å²) in [6, 6.07) is 0.494. The first-order valence-electron chi connectivity index (χ1n) is 6.10. The van der Waals surface area contributed by atoms with Crippen LogP contribution in [0.1, 0.15) is 45.4 Å². The van der Waals surface area contributed by atoms with Crippen LogP contribution >= 0.6 is 0 Å². The van der Waals surface area contributed by atoms with E-state index in [1.54, 1.807) is 0 Å². The summed E-state index contributed by atoms with van der Waals surface area (Å²) in [5.41, 5.74) is 0. The van der Waals surface area contributed by atoms with Gasteiger partial charge in [-0.25, -0.2) is 0 Å². The Morgan fingerprint density at radius 3 is 2.57 bits per heavy atom. The van der Waals surface area contributed by atoms with Crippen LogP contribution < -0.4 is 5.32 Å². The van der Waals surface area contributed by atoms with E-state index in [0.717, 1.165) is 25.8 Å². The first-order valence-corrected chi connectivity index (χ1v) is 6.10. The van der Waals surface area contributed by atoms with Gasteiger partial charge in [0.1, 0.15) is 5.78 Å². The molecule has 1 N–H and O–H groups in total. The molecule has 2 nitrogen and oxygen atoms in total. The molecule has 0 aromatic carbocycles. The van der Waals surface area contributed by atoms with Gasteiger partial charge in [0.25, 0.3) is 0 Å². The van der Waals surface area contributed by atoms with Gasteiger partial charge in [0.15, 0.2) is 0 Å². The van der Waals surface area contributed by atoms with Gasteiger partial charge in [0, 0.05) is 17.9 Å². The summed E-state index contributed by atoms with van der Waals surface area (Å²) >= 11 is 0. The maximum atomic E-state index is 12.1. The number of hydrogen-bond donors (Lipinski definition) is 1. The molecule has 2 heteroatoms. The van der Waals surface area contributed by atoms with Crippen LogP contribution in [0, 0.1) is 11.8 Å². The van der Waals surface area contributed by atoms with E-state index in [-0.39, 0.29) is 0 Å². The molecule has 0 aromatic rings. The van der Waals surface area contributed by atoms with Gasteiger partial charge in [0.05, 0.1) is 0 Å². The summed E-state index contributed by atoms with van der Waals surface area (Å²) in [6.07, 6.45) is 7.05. The van der Waals surface area contributed by atoms with E-state index in [0.29, 0.717) is 23.7 Å². The molecule has 1 saturated carbocycles. The molecule has 2 atom stereocenters. The van der Waals surface area contributed by atoms with Crippen molar-refractivity contribution in [3.63, 3.8) is 0 Å². The lowest BCUT2D eigenvalue weighted by molar-refractivity contribution is -0.130. The van der Waals surface area contributed by atoms with Gasteiger partial charge in [-0.3, -0.25) is 4.79 Å². The topological polar surface area (TPSA) is 29.1 Å². The van der Waals surface area contributed by atoms with Gasteiger partial charge in [0.2, 0.25) is 0 Å². The van der Waals surface area contributed by atoms with E-state index < -0.39 is 0 Å². The normalized spacial score (nSPS) is 29.9. The van der Waals surface area contributed by atoms with Crippen LogP contribution in [-0.4, -0.2) is 18.4 Å². The van der Waals surface area contributed by atoms with E-state index >= 15 is 0 Å². The lowest BCUT2D eigenvalue weighted by Crippen LogP contribution is -2.39. The predicted molar refractivity (Wildman–Crippen MR) is 57.2 cm³/mol. The van der Waals surface area contributed by atoms with E-state index in [1.165, 1.54) is 19.3 Å². The Balaban J connectivity index is 1.93. The Labute approximate surface area is 86.5 Å². The highest BCUT2D eigenvalue weighted by Crippen LogP contribution is 2.32. The maximum Gasteiger partial charge on any atom is 0.140 e. The number of ketones is 1. The molecule has 0 aromatic heterocycles. The summed E-state index contributed by atoms with van der Waals surface area (Å²) in [7, 11) is 0. The lowest BCUT2D eigenvalue weighted by Gasteiger charge is -2.30. The van der Waals surface area contributed by atoms with Gasteiger partial charge in [-0.2, -0.15) is 0 Å². The second-order valence-corrected chi connectivity index (χ2v) is 4.75. The number of Topliss-reactive ketones (excluding diaryl/α,β-unsaturated/α-hetero) is 1. The molecule has 80 valence electrons. The van der Waals surface area contributed by atoms with Crippen molar-refractivity contribution >= 4 is 5.78 Å². The first-order chi connectivity index (χ1) is 6.83. The Morgan fingerprint density at radius 2 is 2.14 bits per heavy atom. The molecule has 0 spiro atoms. The molecule has 2 aliphatic rings. The Kier molecular flexibility index (Phi) is 3.22. The van der Waals surface area contributed by atoms with Crippen molar-refractivity contribution in [2.45, 2.75) is 51.5 Å². The lowest BCUT2D eigenvalue weighted by atomic mass is 9.75. The molecule has 14 heavy (non-hydrogen) atoms. The van der Waals surface area contributed by atoms with E-state index in [2.05, 4.69) is 12.2 Å². The molecular formula is C12H21NO. The third-order valence-electron chi connectivity index (χ3n) is 3.90. The molecule has 0 bridgehead atoms. The molecular weight excluding hydrogens is 174 g/mol. The quantitative estimate of drug-likeness (QED) is 0.744. The zero-order chi connectivity index (χ0) is 9.97. The van der Waals surface area contributed by atoms with Crippen LogP contribution in [0.5, 0.6) is 0 Å². The first kappa shape index (κ1) is 10.2. The third-order valence-corrected chi connectivity index (χ3v) is 3.90. The number of hydrogen-bond acceptors (Lipinski definition) is 2. The molecule has 1 saturated heterocycles.